The van der Waals surface area contributed by atoms with E-state index in [9.17, 15) is 4.79 Å². The van der Waals surface area contributed by atoms with E-state index in [-0.39, 0.29) is 6.61 Å². The minimum absolute atomic E-state index is 0.274. The van der Waals surface area contributed by atoms with Crippen LogP contribution in [0.1, 0.15) is 19.4 Å². The standard InChI is InChI=1S/C11H13NO2/c1-9(2)12-11(13)14-8-10-6-4-3-5-7-10/h3-7H,8H2,1-2H3. The Morgan fingerprint density at radius 2 is 1.93 bits per heavy atom. The van der Waals surface area contributed by atoms with Crippen molar-refractivity contribution >= 4 is 11.8 Å². The summed E-state index contributed by atoms with van der Waals surface area (Å²) in [5.74, 6) is 0. The highest BCUT2D eigenvalue weighted by atomic mass is 16.5. The number of hydrogen-bond acceptors (Lipinski definition) is 2. The van der Waals surface area contributed by atoms with Crippen molar-refractivity contribution in [2.45, 2.75) is 20.5 Å². The first-order valence-electron chi connectivity index (χ1n) is 4.41. The van der Waals surface area contributed by atoms with Gasteiger partial charge in [0.25, 0.3) is 0 Å². The summed E-state index contributed by atoms with van der Waals surface area (Å²) in [6.07, 6.45) is -0.533. The van der Waals surface area contributed by atoms with Crippen LogP contribution in [0.5, 0.6) is 0 Å². The van der Waals surface area contributed by atoms with Crippen LogP contribution in [0.15, 0.2) is 35.3 Å². The van der Waals surface area contributed by atoms with E-state index < -0.39 is 6.09 Å². The van der Waals surface area contributed by atoms with Gasteiger partial charge in [-0.25, -0.2) is 4.79 Å². The Hall–Kier alpha value is -1.64. The molecule has 0 aliphatic carbocycles. The monoisotopic (exact) mass is 191 g/mol. The Bertz CT molecular complexity index is 326. The molecule has 1 amide bonds. The van der Waals surface area contributed by atoms with E-state index in [0.29, 0.717) is 5.71 Å². The third-order valence-corrected chi connectivity index (χ3v) is 1.52. The number of benzene rings is 1. The van der Waals surface area contributed by atoms with Crippen molar-refractivity contribution in [3.05, 3.63) is 35.9 Å². The van der Waals surface area contributed by atoms with Crippen molar-refractivity contribution in [3.8, 4) is 0 Å². The summed E-state index contributed by atoms with van der Waals surface area (Å²) in [6.45, 7) is 3.78. The van der Waals surface area contributed by atoms with Gasteiger partial charge in [0.2, 0.25) is 0 Å². The number of carbonyl (C=O) groups excluding carboxylic acids is 1. The molecular formula is C11H13NO2. The molecule has 3 nitrogen and oxygen atoms in total. The summed E-state index contributed by atoms with van der Waals surface area (Å²) in [6, 6.07) is 9.51. The molecular weight excluding hydrogens is 178 g/mol. The van der Waals surface area contributed by atoms with Crippen molar-refractivity contribution in [1.82, 2.24) is 0 Å². The molecule has 0 saturated carbocycles. The van der Waals surface area contributed by atoms with Gasteiger partial charge in [0.05, 0.1) is 0 Å². The van der Waals surface area contributed by atoms with E-state index in [0.717, 1.165) is 5.56 Å². The average Bonchev–Trinajstić information content (AvgIpc) is 2.15. The summed E-state index contributed by atoms with van der Waals surface area (Å²) < 4.78 is 4.91. The Balaban J connectivity index is 2.42. The first-order chi connectivity index (χ1) is 6.68. The molecule has 3 heteroatoms. The normalized spacial score (nSPS) is 9.29. The van der Waals surface area contributed by atoms with Crippen LogP contribution >= 0.6 is 0 Å². The minimum Gasteiger partial charge on any atom is -0.443 e. The maximum absolute atomic E-state index is 11.0. The highest BCUT2D eigenvalue weighted by molar-refractivity contribution is 5.89. The van der Waals surface area contributed by atoms with Crippen molar-refractivity contribution < 1.29 is 9.53 Å². The van der Waals surface area contributed by atoms with Crippen LogP contribution in [-0.2, 0) is 11.3 Å². The third-order valence-electron chi connectivity index (χ3n) is 1.52. The molecule has 0 aromatic heterocycles. The minimum atomic E-state index is -0.533. The molecule has 0 radical (unpaired) electrons. The molecule has 0 saturated heterocycles. The molecule has 0 unspecified atom stereocenters. The summed E-state index contributed by atoms with van der Waals surface area (Å²) in [7, 11) is 0. The van der Waals surface area contributed by atoms with Crippen LogP contribution in [0.2, 0.25) is 0 Å². The topological polar surface area (TPSA) is 38.7 Å². The molecule has 1 aromatic carbocycles. The van der Waals surface area contributed by atoms with Crippen molar-refractivity contribution in [1.29, 1.82) is 0 Å². The summed E-state index contributed by atoms with van der Waals surface area (Å²) in [4.78, 5) is 14.7. The van der Waals surface area contributed by atoms with E-state index in [1.807, 2.05) is 30.3 Å². The van der Waals surface area contributed by atoms with Gasteiger partial charge in [0.15, 0.2) is 0 Å². The number of aliphatic imine (C=N–C) groups is 1. The molecule has 0 heterocycles. The second-order valence-electron chi connectivity index (χ2n) is 3.10. The molecule has 0 aliphatic heterocycles. The fraction of sp³-hybridized carbons (Fsp3) is 0.273. The molecule has 0 atom stereocenters. The van der Waals surface area contributed by atoms with Gasteiger partial charge in [0, 0.05) is 5.71 Å². The second kappa shape index (κ2) is 5.17. The third kappa shape index (κ3) is 3.85. The van der Waals surface area contributed by atoms with Gasteiger partial charge >= 0.3 is 6.09 Å². The van der Waals surface area contributed by atoms with E-state index in [1.165, 1.54) is 0 Å². The number of amides is 1. The van der Waals surface area contributed by atoms with E-state index >= 15 is 0 Å². The maximum atomic E-state index is 11.0. The van der Waals surface area contributed by atoms with Gasteiger partial charge in [-0.1, -0.05) is 30.3 Å². The molecule has 0 N–H and O–H groups in total. The molecule has 14 heavy (non-hydrogen) atoms. The number of nitrogens with zero attached hydrogens (tertiary/aromatic N) is 1. The number of carbonyl (C=O) groups is 1. The SMILES string of the molecule is CC(C)=NC(=O)OCc1ccccc1. The summed E-state index contributed by atoms with van der Waals surface area (Å²) in [5, 5.41) is 0. The molecule has 1 aromatic rings. The van der Waals surface area contributed by atoms with Crippen LogP contribution in [-0.4, -0.2) is 11.8 Å². The Kier molecular flexibility index (Phi) is 3.85. The molecule has 0 aliphatic rings. The fourth-order valence-corrected chi connectivity index (χ4v) is 0.934. The zero-order chi connectivity index (χ0) is 10.4. The van der Waals surface area contributed by atoms with E-state index in [4.69, 9.17) is 4.74 Å². The predicted molar refractivity (Wildman–Crippen MR) is 55.4 cm³/mol. The Morgan fingerprint density at radius 3 is 2.50 bits per heavy atom. The largest absolute Gasteiger partial charge is 0.443 e. The van der Waals surface area contributed by atoms with Gasteiger partial charge in [0.1, 0.15) is 6.61 Å². The molecule has 0 spiro atoms. The lowest BCUT2D eigenvalue weighted by atomic mass is 10.2. The van der Waals surface area contributed by atoms with Crippen molar-refractivity contribution in [2.75, 3.05) is 0 Å². The predicted octanol–water partition coefficient (Wildman–Crippen LogP) is 2.80. The molecule has 0 bridgehead atoms. The zero-order valence-corrected chi connectivity index (χ0v) is 8.36. The maximum Gasteiger partial charge on any atom is 0.433 e. The van der Waals surface area contributed by atoms with Gasteiger partial charge in [-0.15, -0.1) is 0 Å². The number of ether oxygens (including phenoxy) is 1. The molecule has 74 valence electrons. The van der Waals surface area contributed by atoms with Crippen molar-refractivity contribution in [2.24, 2.45) is 4.99 Å². The Labute approximate surface area is 83.4 Å². The van der Waals surface area contributed by atoms with E-state index in [1.54, 1.807) is 13.8 Å². The van der Waals surface area contributed by atoms with Gasteiger partial charge in [-0.2, -0.15) is 4.99 Å². The van der Waals surface area contributed by atoms with Gasteiger partial charge < -0.3 is 4.74 Å². The van der Waals surface area contributed by atoms with Crippen LogP contribution in [0, 0.1) is 0 Å². The number of hydrogen-bond donors (Lipinski definition) is 0. The lowest BCUT2D eigenvalue weighted by Crippen LogP contribution is -2.01. The van der Waals surface area contributed by atoms with Crippen molar-refractivity contribution in [3.63, 3.8) is 0 Å². The summed E-state index contributed by atoms with van der Waals surface area (Å²) >= 11 is 0. The Morgan fingerprint density at radius 1 is 1.29 bits per heavy atom. The smallest absolute Gasteiger partial charge is 0.433 e. The van der Waals surface area contributed by atoms with Gasteiger partial charge in [-0.05, 0) is 19.4 Å². The fourth-order valence-electron chi connectivity index (χ4n) is 0.934. The summed E-state index contributed by atoms with van der Waals surface area (Å²) in [5.41, 5.74) is 1.66. The van der Waals surface area contributed by atoms with Crippen LogP contribution in [0.3, 0.4) is 0 Å². The van der Waals surface area contributed by atoms with Crippen LogP contribution < -0.4 is 0 Å². The first-order valence-corrected chi connectivity index (χ1v) is 4.41. The lowest BCUT2D eigenvalue weighted by molar-refractivity contribution is 0.151. The first kappa shape index (κ1) is 10.4. The second-order valence-corrected chi connectivity index (χ2v) is 3.10. The quantitative estimate of drug-likeness (QED) is 0.674. The highest BCUT2D eigenvalue weighted by Gasteiger charge is 1.99. The van der Waals surface area contributed by atoms with E-state index in [2.05, 4.69) is 4.99 Å². The van der Waals surface area contributed by atoms with Crippen LogP contribution in [0.4, 0.5) is 4.79 Å². The zero-order valence-electron chi connectivity index (χ0n) is 8.36. The highest BCUT2D eigenvalue weighted by Crippen LogP contribution is 2.01. The molecule has 0 fully saturated rings. The average molecular weight is 191 g/mol. The number of rotatable bonds is 2. The van der Waals surface area contributed by atoms with Crippen LogP contribution in [0.25, 0.3) is 0 Å². The lowest BCUT2D eigenvalue weighted by Gasteiger charge is -2.00. The molecule has 1 rings (SSSR count). The van der Waals surface area contributed by atoms with Gasteiger partial charge in [-0.3, -0.25) is 0 Å².